The predicted octanol–water partition coefficient (Wildman–Crippen LogP) is 1.31. The van der Waals surface area contributed by atoms with Crippen LogP contribution in [0.25, 0.3) is 0 Å². The average molecular weight is 231 g/mol. The molecular weight excluding hydrogens is 224 g/mol. The van der Waals surface area contributed by atoms with Crippen molar-refractivity contribution in [3.05, 3.63) is 22.2 Å². The molecule has 0 unspecified atom stereocenters. The maximum atomic E-state index is 10.6. The highest BCUT2D eigenvalue weighted by Gasteiger charge is 2.13. The summed E-state index contributed by atoms with van der Waals surface area (Å²) in [7, 11) is 0. The Bertz CT molecular complexity index is 338. The molecule has 0 saturated carbocycles. The summed E-state index contributed by atoms with van der Waals surface area (Å²) in [5, 5.41) is 8.71. The summed E-state index contributed by atoms with van der Waals surface area (Å²) >= 11 is 3.05. The lowest BCUT2D eigenvalue weighted by molar-refractivity contribution is 0.0697. The van der Waals surface area contributed by atoms with Gasteiger partial charge in [0.25, 0.3) is 0 Å². The molecule has 0 atom stereocenters. The molecule has 0 fully saturated rings. The number of hydrogen-bond acceptors (Lipinski definition) is 3. The number of rotatable bonds is 1. The van der Waals surface area contributed by atoms with E-state index < -0.39 is 5.97 Å². The molecule has 5 N–H and O–H groups in total. The Morgan fingerprint density at radius 1 is 1.33 bits per heavy atom. The third-order valence-electron chi connectivity index (χ3n) is 1.42. The van der Waals surface area contributed by atoms with E-state index >= 15 is 0 Å². The van der Waals surface area contributed by atoms with Crippen LogP contribution in [0.3, 0.4) is 0 Å². The monoisotopic (exact) mass is 230 g/mol. The highest BCUT2D eigenvalue weighted by atomic mass is 79.9. The van der Waals surface area contributed by atoms with E-state index in [2.05, 4.69) is 15.9 Å². The zero-order valence-corrected chi connectivity index (χ0v) is 7.63. The van der Waals surface area contributed by atoms with Gasteiger partial charge in [0, 0.05) is 11.4 Å². The van der Waals surface area contributed by atoms with Crippen molar-refractivity contribution in [3.8, 4) is 0 Å². The van der Waals surface area contributed by atoms with E-state index in [0.29, 0.717) is 10.2 Å². The first-order valence-electron chi connectivity index (χ1n) is 3.10. The number of nitrogens with two attached hydrogens (primary N) is 2. The molecule has 0 spiro atoms. The molecule has 0 aliphatic carbocycles. The molecule has 0 amide bonds. The third-order valence-corrected chi connectivity index (χ3v) is 2.27. The largest absolute Gasteiger partial charge is 0.478 e. The van der Waals surface area contributed by atoms with Gasteiger partial charge in [-0.25, -0.2) is 4.79 Å². The number of anilines is 2. The fourth-order valence-electron chi connectivity index (χ4n) is 0.824. The Morgan fingerprint density at radius 3 is 2.25 bits per heavy atom. The number of hydrogen-bond donors (Lipinski definition) is 3. The Kier molecular flexibility index (Phi) is 2.23. The van der Waals surface area contributed by atoms with Crippen LogP contribution < -0.4 is 11.5 Å². The summed E-state index contributed by atoms with van der Waals surface area (Å²) in [5.41, 5.74) is 11.5. The molecule has 0 saturated heterocycles. The number of nitrogen functional groups attached to an aromatic ring is 2. The molecule has 0 aliphatic heterocycles. The topological polar surface area (TPSA) is 89.3 Å². The van der Waals surface area contributed by atoms with Gasteiger partial charge in [-0.2, -0.15) is 0 Å². The highest BCUT2D eigenvalue weighted by molar-refractivity contribution is 9.10. The molecule has 0 radical (unpaired) electrons. The quantitative estimate of drug-likeness (QED) is 0.635. The van der Waals surface area contributed by atoms with Crippen molar-refractivity contribution >= 4 is 33.3 Å². The lowest BCUT2D eigenvalue weighted by Crippen LogP contribution is -2.05. The molecule has 5 heteroatoms. The van der Waals surface area contributed by atoms with Crippen LogP contribution in [0.2, 0.25) is 0 Å². The van der Waals surface area contributed by atoms with Crippen molar-refractivity contribution < 1.29 is 9.90 Å². The van der Waals surface area contributed by atoms with E-state index in [1.165, 1.54) is 6.07 Å². The van der Waals surface area contributed by atoms with Crippen LogP contribution in [0.4, 0.5) is 11.4 Å². The molecular formula is C7H7BrN2O2. The number of carbonyl (C=O) groups is 1. The lowest BCUT2D eigenvalue weighted by Gasteiger charge is -2.05. The minimum absolute atomic E-state index is 0.00926. The second-order valence-electron chi connectivity index (χ2n) is 2.24. The van der Waals surface area contributed by atoms with Gasteiger partial charge in [0.05, 0.1) is 10.0 Å². The van der Waals surface area contributed by atoms with Gasteiger partial charge < -0.3 is 16.6 Å². The fraction of sp³-hybridized carbons (Fsp3) is 0. The van der Waals surface area contributed by atoms with Crippen LogP contribution in [-0.2, 0) is 0 Å². The van der Waals surface area contributed by atoms with E-state index in [0.717, 1.165) is 0 Å². The van der Waals surface area contributed by atoms with E-state index in [4.69, 9.17) is 16.6 Å². The van der Waals surface area contributed by atoms with Gasteiger partial charge in [-0.05, 0) is 28.1 Å². The van der Waals surface area contributed by atoms with Crippen molar-refractivity contribution in [2.24, 2.45) is 0 Å². The van der Waals surface area contributed by atoms with E-state index in [1.807, 2.05) is 0 Å². The smallest absolute Gasteiger partial charge is 0.339 e. The highest BCUT2D eigenvalue weighted by Crippen LogP contribution is 2.28. The van der Waals surface area contributed by atoms with Gasteiger partial charge in [-0.15, -0.1) is 0 Å². The zero-order valence-electron chi connectivity index (χ0n) is 6.04. The van der Waals surface area contributed by atoms with Gasteiger partial charge in [0.15, 0.2) is 0 Å². The fourth-order valence-corrected chi connectivity index (χ4v) is 1.36. The third kappa shape index (κ3) is 1.35. The number of carboxylic acids is 1. The van der Waals surface area contributed by atoms with Gasteiger partial charge in [-0.3, -0.25) is 0 Å². The van der Waals surface area contributed by atoms with Gasteiger partial charge in [-0.1, -0.05) is 0 Å². The van der Waals surface area contributed by atoms with Crippen molar-refractivity contribution in [1.82, 2.24) is 0 Å². The van der Waals surface area contributed by atoms with Crippen LogP contribution in [-0.4, -0.2) is 11.1 Å². The van der Waals surface area contributed by atoms with Crippen molar-refractivity contribution in [2.75, 3.05) is 11.5 Å². The molecule has 0 bridgehead atoms. The van der Waals surface area contributed by atoms with Gasteiger partial charge >= 0.3 is 5.97 Å². The summed E-state index contributed by atoms with van der Waals surface area (Å²) in [6.45, 7) is 0. The Labute approximate surface area is 77.3 Å². The number of aromatic carboxylic acids is 1. The van der Waals surface area contributed by atoms with Crippen LogP contribution >= 0.6 is 15.9 Å². The minimum atomic E-state index is -1.09. The molecule has 1 aromatic carbocycles. The van der Waals surface area contributed by atoms with Crippen LogP contribution in [0.5, 0.6) is 0 Å². The van der Waals surface area contributed by atoms with E-state index in [9.17, 15) is 4.79 Å². The maximum Gasteiger partial charge on any atom is 0.339 e. The molecule has 64 valence electrons. The SMILES string of the molecule is Nc1ccc(N)c(C(=O)O)c1Br. The van der Waals surface area contributed by atoms with Crippen molar-refractivity contribution in [1.29, 1.82) is 0 Å². The summed E-state index contributed by atoms with van der Waals surface area (Å²) in [6.07, 6.45) is 0. The zero-order chi connectivity index (χ0) is 9.30. The predicted molar refractivity (Wildman–Crippen MR) is 49.9 cm³/mol. The average Bonchev–Trinajstić information content (AvgIpc) is 1.97. The van der Waals surface area contributed by atoms with Crippen LogP contribution in [0, 0.1) is 0 Å². The van der Waals surface area contributed by atoms with Gasteiger partial charge in [0.1, 0.15) is 0 Å². The molecule has 1 aromatic rings. The molecule has 0 aliphatic rings. The Morgan fingerprint density at radius 2 is 1.83 bits per heavy atom. The molecule has 4 nitrogen and oxygen atoms in total. The first-order valence-corrected chi connectivity index (χ1v) is 3.90. The summed E-state index contributed by atoms with van der Waals surface area (Å²) < 4.78 is 0.329. The summed E-state index contributed by atoms with van der Waals surface area (Å²) in [6, 6.07) is 3.01. The number of carboxylic acid groups (broad SMARTS) is 1. The number of halogens is 1. The van der Waals surface area contributed by atoms with Crippen LogP contribution in [0.15, 0.2) is 16.6 Å². The first-order chi connectivity index (χ1) is 5.54. The first kappa shape index (κ1) is 8.86. The molecule has 0 aromatic heterocycles. The van der Waals surface area contributed by atoms with E-state index in [1.54, 1.807) is 6.07 Å². The summed E-state index contributed by atoms with van der Waals surface area (Å²) in [4.78, 5) is 10.6. The summed E-state index contributed by atoms with van der Waals surface area (Å²) in [5.74, 6) is -1.09. The number of benzene rings is 1. The second kappa shape index (κ2) is 3.02. The van der Waals surface area contributed by atoms with Gasteiger partial charge in [0.2, 0.25) is 0 Å². The maximum absolute atomic E-state index is 10.6. The minimum Gasteiger partial charge on any atom is -0.478 e. The van der Waals surface area contributed by atoms with Crippen LogP contribution in [0.1, 0.15) is 10.4 Å². The standard InChI is InChI=1S/C7H7BrN2O2/c8-6-4(10)2-1-3(9)5(6)7(11)12/h1-2H,9-10H2,(H,11,12). The second-order valence-corrected chi connectivity index (χ2v) is 3.03. The van der Waals surface area contributed by atoms with Crippen molar-refractivity contribution in [3.63, 3.8) is 0 Å². The Balaban J connectivity index is 3.43. The molecule has 12 heavy (non-hydrogen) atoms. The molecule has 1 rings (SSSR count). The van der Waals surface area contributed by atoms with E-state index in [-0.39, 0.29) is 11.3 Å². The van der Waals surface area contributed by atoms with Crippen molar-refractivity contribution in [2.45, 2.75) is 0 Å². The normalized spacial score (nSPS) is 9.75. The lowest BCUT2D eigenvalue weighted by atomic mass is 10.1. The Hall–Kier alpha value is -1.23. The molecule has 0 heterocycles.